The molecule has 1 atom stereocenters. The highest BCUT2D eigenvalue weighted by Gasteiger charge is 2.25. The summed E-state index contributed by atoms with van der Waals surface area (Å²) in [6, 6.07) is 5.98. The Hall–Kier alpha value is -3.20. The van der Waals surface area contributed by atoms with Crippen molar-refractivity contribution in [3.8, 4) is 0 Å². The van der Waals surface area contributed by atoms with E-state index in [1.54, 1.807) is 23.8 Å². The molecule has 9 heteroatoms. The minimum absolute atomic E-state index is 0.0468. The molecule has 3 aromatic rings. The molecule has 1 amide bonds. The molecule has 9 nitrogen and oxygen atoms in total. The van der Waals surface area contributed by atoms with Gasteiger partial charge in [-0.25, -0.2) is 9.50 Å². The quantitative estimate of drug-likeness (QED) is 0.654. The van der Waals surface area contributed by atoms with Gasteiger partial charge in [0.25, 0.3) is 11.5 Å². The van der Waals surface area contributed by atoms with Gasteiger partial charge in [0, 0.05) is 57.1 Å². The Morgan fingerprint density at radius 1 is 1.33 bits per heavy atom. The van der Waals surface area contributed by atoms with Gasteiger partial charge in [0.05, 0.1) is 17.6 Å². The van der Waals surface area contributed by atoms with Crippen LogP contribution in [0.25, 0.3) is 5.65 Å². The number of nitrogens with one attached hydrogen (secondary N) is 2. The van der Waals surface area contributed by atoms with E-state index in [1.807, 2.05) is 25.3 Å². The molecular formula is C21H27N7O2. The molecule has 0 aromatic carbocycles. The van der Waals surface area contributed by atoms with Crippen molar-refractivity contribution in [3.63, 3.8) is 0 Å². The van der Waals surface area contributed by atoms with Crippen molar-refractivity contribution in [2.75, 3.05) is 31.6 Å². The fourth-order valence-corrected chi connectivity index (χ4v) is 3.88. The summed E-state index contributed by atoms with van der Waals surface area (Å²) in [4.78, 5) is 35.5. The number of pyridine rings is 1. The number of fused-ring (bicyclic) bond motifs is 1. The zero-order valence-electron chi connectivity index (χ0n) is 17.6. The number of carbonyl (C=O) groups is 1. The summed E-state index contributed by atoms with van der Waals surface area (Å²) < 4.78 is 1.76. The standard InChI is InChI=1S/C21H27N7O2/c1-4-15-12-28-19(24-20(15)29)9-16(25-28)13-26-7-8-27(11-14(26)2)17-5-6-18(23-10-17)21(30)22-3/h5-6,9-10,12,14H,4,7-8,11,13H2,1-3H3,(H,22,30)(H,24,29). The number of piperazine rings is 1. The van der Waals surface area contributed by atoms with Crippen LogP contribution in [-0.4, -0.2) is 63.1 Å². The number of amides is 1. The molecule has 3 aromatic heterocycles. The zero-order chi connectivity index (χ0) is 21.3. The van der Waals surface area contributed by atoms with Crippen molar-refractivity contribution in [2.45, 2.75) is 32.9 Å². The largest absolute Gasteiger partial charge is 0.367 e. The van der Waals surface area contributed by atoms with Gasteiger partial charge in [-0.3, -0.25) is 14.5 Å². The molecule has 4 rings (SSSR count). The molecule has 1 unspecified atom stereocenters. The smallest absolute Gasteiger partial charge is 0.269 e. The SMILES string of the molecule is CCc1cn2nc(CN3CCN(c4ccc(C(=O)NC)nc4)CC3C)cc2[nH]c1=O. The van der Waals surface area contributed by atoms with Crippen molar-refractivity contribution in [1.82, 2.24) is 29.8 Å². The monoisotopic (exact) mass is 409 g/mol. The summed E-state index contributed by atoms with van der Waals surface area (Å²) in [6.07, 6.45) is 4.25. The summed E-state index contributed by atoms with van der Waals surface area (Å²) in [5, 5.41) is 7.23. The minimum atomic E-state index is -0.181. The predicted octanol–water partition coefficient (Wildman–Crippen LogP) is 1.05. The van der Waals surface area contributed by atoms with Crippen LogP contribution in [0, 0.1) is 0 Å². The Kier molecular flexibility index (Phi) is 5.54. The molecule has 0 aliphatic carbocycles. The average Bonchev–Trinajstić information content (AvgIpc) is 3.15. The maximum absolute atomic E-state index is 12.0. The maximum atomic E-state index is 12.0. The highest BCUT2D eigenvalue weighted by molar-refractivity contribution is 5.92. The third-order valence-corrected chi connectivity index (χ3v) is 5.68. The number of aromatic amines is 1. The van der Waals surface area contributed by atoms with Gasteiger partial charge in [-0.15, -0.1) is 0 Å². The van der Waals surface area contributed by atoms with Crippen LogP contribution in [0.1, 0.15) is 35.6 Å². The first kappa shape index (κ1) is 20.1. The van der Waals surface area contributed by atoms with E-state index in [2.05, 4.69) is 37.1 Å². The second-order valence-corrected chi connectivity index (χ2v) is 7.67. The molecule has 0 radical (unpaired) electrons. The lowest BCUT2D eigenvalue weighted by atomic mass is 10.1. The summed E-state index contributed by atoms with van der Waals surface area (Å²) in [6.45, 7) is 7.52. The van der Waals surface area contributed by atoms with Gasteiger partial charge >= 0.3 is 0 Å². The molecule has 1 aliphatic heterocycles. The van der Waals surface area contributed by atoms with Gasteiger partial charge in [-0.2, -0.15) is 5.10 Å². The third-order valence-electron chi connectivity index (χ3n) is 5.68. The first-order valence-electron chi connectivity index (χ1n) is 10.3. The molecule has 30 heavy (non-hydrogen) atoms. The second-order valence-electron chi connectivity index (χ2n) is 7.67. The Morgan fingerprint density at radius 2 is 2.17 bits per heavy atom. The van der Waals surface area contributed by atoms with E-state index in [1.165, 1.54) is 0 Å². The Balaban J connectivity index is 1.43. The van der Waals surface area contributed by atoms with E-state index in [0.717, 1.165) is 48.8 Å². The summed E-state index contributed by atoms with van der Waals surface area (Å²) in [5.41, 5.74) is 3.79. The molecule has 0 bridgehead atoms. The lowest BCUT2D eigenvalue weighted by molar-refractivity contribution is 0.0958. The Labute approximate surface area is 174 Å². The summed E-state index contributed by atoms with van der Waals surface area (Å²) >= 11 is 0. The molecule has 1 fully saturated rings. The van der Waals surface area contributed by atoms with Crippen LogP contribution in [0.3, 0.4) is 0 Å². The second kappa shape index (κ2) is 8.27. The number of carbonyl (C=O) groups excluding carboxylic acids is 1. The fourth-order valence-electron chi connectivity index (χ4n) is 3.88. The molecule has 0 spiro atoms. The zero-order valence-corrected chi connectivity index (χ0v) is 17.6. The van der Waals surface area contributed by atoms with E-state index in [9.17, 15) is 9.59 Å². The molecule has 2 N–H and O–H groups in total. The van der Waals surface area contributed by atoms with Crippen molar-refractivity contribution in [2.24, 2.45) is 0 Å². The highest BCUT2D eigenvalue weighted by Crippen LogP contribution is 2.20. The number of aromatic nitrogens is 4. The normalized spacial score (nSPS) is 17.4. The van der Waals surface area contributed by atoms with Crippen molar-refractivity contribution < 1.29 is 4.79 Å². The van der Waals surface area contributed by atoms with Gasteiger partial charge < -0.3 is 15.2 Å². The van der Waals surface area contributed by atoms with E-state index in [4.69, 9.17) is 0 Å². The van der Waals surface area contributed by atoms with Crippen LogP contribution in [-0.2, 0) is 13.0 Å². The van der Waals surface area contributed by atoms with E-state index < -0.39 is 0 Å². The number of hydrogen-bond donors (Lipinski definition) is 2. The van der Waals surface area contributed by atoms with Gasteiger partial charge in [-0.05, 0) is 25.5 Å². The van der Waals surface area contributed by atoms with Crippen LogP contribution in [0.4, 0.5) is 5.69 Å². The fraction of sp³-hybridized carbons (Fsp3) is 0.429. The van der Waals surface area contributed by atoms with Gasteiger partial charge in [0.1, 0.15) is 11.3 Å². The van der Waals surface area contributed by atoms with Crippen LogP contribution in [0.5, 0.6) is 0 Å². The lowest BCUT2D eigenvalue weighted by Gasteiger charge is -2.40. The first-order chi connectivity index (χ1) is 14.5. The molecular weight excluding hydrogens is 382 g/mol. The van der Waals surface area contributed by atoms with Gasteiger partial charge in [-0.1, -0.05) is 6.92 Å². The topological polar surface area (TPSA) is 98.6 Å². The van der Waals surface area contributed by atoms with Crippen LogP contribution < -0.4 is 15.8 Å². The van der Waals surface area contributed by atoms with E-state index in [-0.39, 0.29) is 11.5 Å². The van der Waals surface area contributed by atoms with Gasteiger partial charge in [0.15, 0.2) is 0 Å². The van der Waals surface area contributed by atoms with Crippen LogP contribution in [0.15, 0.2) is 35.4 Å². The first-order valence-corrected chi connectivity index (χ1v) is 10.3. The maximum Gasteiger partial charge on any atom is 0.269 e. The van der Waals surface area contributed by atoms with E-state index in [0.29, 0.717) is 18.2 Å². The van der Waals surface area contributed by atoms with E-state index >= 15 is 0 Å². The average molecular weight is 409 g/mol. The minimum Gasteiger partial charge on any atom is -0.367 e. The number of nitrogens with zero attached hydrogens (tertiary/aromatic N) is 5. The molecule has 4 heterocycles. The molecule has 0 saturated carbocycles. The Morgan fingerprint density at radius 3 is 2.83 bits per heavy atom. The van der Waals surface area contributed by atoms with Crippen LogP contribution >= 0.6 is 0 Å². The highest BCUT2D eigenvalue weighted by atomic mass is 16.1. The third kappa shape index (κ3) is 3.93. The summed E-state index contributed by atoms with van der Waals surface area (Å²) in [5.74, 6) is -0.181. The number of aryl methyl sites for hydroxylation is 1. The lowest BCUT2D eigenvalue weighted by Crippen LogP contribution is -2.51. The van der Waals surface area contributed by atoms with Gasteiger partial charge in [0.2, 0.25) is 0 Å². The van der Waals surface area contributed by atoms with Crippen molar-refractivity contribution in [3.05, 3.63) is 57.9 Å². The van der Waals surface area contributed by atoms with Crippen molar-refractivity contribution >= 4 is 17.2 Å². The number of H-pyrrole nitrogens is 1. The number of anilines is 1. The van der Waals surface area contributed by atoms with Crippen molar-refractivity contribution in [1.29, 1.82) is 0 Å². The molecule has 158 valence electrons. The number of hydrogen-bond acceptors (Lipinski definition) is 6. The number of rotatable bonds is 5. The summed E-state index contributed by atoms with van der Waals surface area (Å²) in [7, 11) is 1.60. The molecule has 1 aliphatic rings. The predicted molar refractivity (Wildman–Crippen MR) is 115 cm³/mol. The Bertz CT molecular complexity index is 1100. The van der Waals surface area contributed by atoms with Crippen LogP contribution in [0.2, 0.25) is 0 Å². The molecule has 1 saturated heterocycles.